The second-order valence-corrected chi connectivity index (χ2v) is 4.53. The number of para-hydroxylation sites is 1. The first kappa shape index (κ1) is 11.0. The normalized spacial score (nSPS) is 11.3. The van der Waals surface area contributed by atoms with Gasteiger partial charge >= 0.3 is 0 Å². The average molecular weight is 241 g/mol. The van der Waals surface area contributed by atoms with Crippen LogP contribution in [0.15, 0.2) is 41.2 Å². The Morgan fingerprint density at radius 2 is 1.83 bits per heavy atom. The lowest BCUT2D eigenvalue weighted by Crippen LogP contribution is -2.17. The van der Waals surface area contributed by atoms with Crippen molar-refractivity contribution in [2.45, 2.75) is 6.92 Å². The number of hydrogen-bond acceptors (Lipinski definition) is 1. The molecule has 1 heterocycles. The Bertz CT molecular complexity index is 833. The zero-order chi connectivity index (χ0) is 12.9. The second kappa shape index (κ2) is 3.67. The van der Waals surface area contributed by atoms with Crippen LogP contribution < -0.4 is 5.56 Å². The number of pyridine rings is 1. The molecule has 0 saturated carbocycles. The molecule has 3 heteroatoms. The summed E-state index contributed by atoms with van der Waals surface area (Å²) < 4.78 is 15.0. The summed E-state index contributed by atoms with van der Waals surface area (Å²) >= 11 is 0. The molecule has 0 spiro atoms. The molecule has 2 aromatic carbocycles. The van der Waals surface area contributed by atoms with Gasteiger partial charge in [0.15, 0.2) is 0 Å². The topological polar surface area (TPSA) is 22.0 Å². The number of aromatic nitrogens is 1. The molecule has 0 unspecified atom stereocenters. The molecule has 0 N–H and O–H groups in total. The maximum Gasteiger partial charge on any atom is 0.258 e. The Kier molecular flexibility index (Phi) is 2.23. The predicted molar refractivity (Wildman–Crippen MR) is 71.4 cm³/mol. The second-order valence-electron chi connectivity index (χ2n) is 4.53. The molecule has 0 aliphatic rings. The van der Waals surface area contributed by atoms with Gasteiger partial charge in [0.25, 0.3) is 5.56 Å². The van der Waals surface area contributed by atoms with Crippen LogP contribution in [-0.4, -0.2) is 4.57 Å². The fraction of sp³-hybridized carbons (Fsp3) is 0.133. The molecule has 1 aromatic heterocycles. The summed E-state index contributed by atoms with van der Waals surface area (Å²) in [6, 6.07) is 10.5. The maximum absolute atomic E-state index is 13.5. The van der Waals surface area contributed by atoms with E-state index in [0.717, 1.165) is 21.9 Å². The lowest BCUT2D eigenvalue weighted by molar-refractivity contribution is 0.628. The van der Waals surface area contributed by atoms with E-state index in [-0.39, 0.29) is 11.4 Å². The van der Waals surface area contributed by atoms with Gasteiger partial charge in [0, 0.05) is 12.4 Å². The standard InChI is InChI=1S/C15H12FNO/c1-9-7-10(16)8-12-14(9)11-5-3-4-6-13(11)17(2)15(12)18/h3-8H,1-2H3. The maximum atomic E-state index is 13.5. The first-order chi connectivity index (χ1) is 8.59. The van der Waals surface area contributed by atoms with Gasteiger partial charge in [0.05, 0.1) is 10.9 Å². The van der Waals surface area contributed by atoms with E-state index >= 15 is 0 Å². The van der Waals surface area contributed by atoms with E-state index in [9.17, 15) is 9.18 Å². The van der Waals surface area contributed by atoms with Crippen LogP contribution in [0.2, 0.25) is 0 Å². The lowest BCUT2D eigenvalue weighted by Gasteiger charge is -2.10. The van der Waals surface area contributed by atoms with E-state index in [1.165, 1.54) is 12.1 Å². The molecule has 90 valence electrons. The van der Waals surface area contributed by atoms with Gasteiger partial charge < -0.3 is 4.57 Å². The molecule has 0 radical (unpaired) electrons. The number of fused-ring (bicyclic) bond motifs is 3. The fourth-order valence-corrected chi connectivity index (χ4v) is 2.54. The number of hydrogen-bond donors (Lipinski definition) is 0. The third-order valence-corrected chi connectivity index (χ3v) is 3.37. The van der Waals surface area contributed by atoms with Crippen LogP contribution in [0.1, 0.15) is 5.56 Å². The molecule has 3 aromatic rings. The molecule has 2 nitrogen and oxygen atoms in total. The quantitative estimate of drug-likeness (QED) is 0.554. The molecular formula is C15H12FNO. The molecule has 0 bridgehead atoms. The van der Waals surface area contributed by atoms with Crippen LogP contribution in [0.4, 0.5) is 4.39 Å². The first-order valence-electron chi connectivity index (χ1n) is 5.77. The molecule has 0 aliphatic carbocycles. The third kappa shape index (κ3) is 1.37. The van der Waals surface area contributed by atoms with Crippen LogP contribution in [0.5, 0.6) is 0 Å². The largest absolute Gasteiger partial charge is 0.311 e. The van der Waals surface area contributed by atoms with Crippen LogP contribution in [-0.2, 0) is 7.05 Å². The van der Waals surface area contributed by atoms with Crippen molar-refractivity contribution in [1.29, 1.82) is 0 Å². The van der Waals surface area contributed by atoms with Crippen molar-refractivity contribution in [3.63, 3.8) is 0 Å². The smallest absolute Gasteiger partial charge is 0.258 e. The molecule has 3 rings (SSSR count). The van der Waals surface area contributed by atoms with E-state index in [0.29, 0.717) is 5.39 Å². The van der Waals surface area contributed by atoms with Gasteiger partial charge in [-0.2, -0.15) is 0 Å². The van der Waals surface area contributed by atoms with Gasteiger partial charge in [-0.25, -0.2) is 4.39 Å². The molecule has 0 saturated heterocycles. The van der Waals surface area contributed by atoms with Gasteiger partial charge in [0.1, 0.15) is 5.82 Å². The van der Waals surface area contributed by atoms with Gasteiger partial charge in [-0.3, -0.25) is 4.79 Å². The molecular weight excluding hydrogens is 229 g/mol. The van der Waals surface area contributed by atoms with E-state index in [2.05, 4.69) is 0 Å². The van der Waals surface area contributed by atoms with Crippen molar-refractivity contribution in [2.24, 2.45) is 7.05 Å². The Morgan fingerprint density at radius 3 is 2.61 bits per heavy atom. The Balaban J connectivity index is 2.75. The van der Waals surface area contributed by atoms with Crippen molar-refractivity contribution in [1.82, 2.24) is 4.57 Å². The average Bonchev–Trinajstić information content (AvgIpc) is 2.35. The van der Waals surface area contributed by atoms with Gasteiger partial charge in [-0.15, -0.1) is 0 Å². The number of rotatable bonds is 0. The van der Waals surface area contributed by atoms with Crippen molar-refractivity contribution in [2.75, 3.05) is 0 Å². The highest BCUT2D eigenvalue weighted by Gasteiger charge is 2.11. The monoisotopic (exact) mass is 241 g/mol. The van der Waals surface area contributed by atoms with Crippen LogP contribution in [0.3, 0.4) is 0 Å². The predicted octanol–water partition coefficient (Wildman–Crippen LogP) is 3.14. The molecule has 0 aliphatic heterocycles. The fourth-order valence-electron chi connectivity index (χ4n) is 2.54. The lowest BCUT2D eigenvalue weighted by atomic mass is 10.0. The number of halogens is 1. The van der Waals surface area contributed by atoms with Gasteiger partial charge in [0.2, 0.25) is 0 Å². The molecule has 0 atom stereocenters. The highest BCUT2D eigenvalue weighted by molar-refractivity contribution is 6.07. The Labute approximate surface area is 103 Å². The highest BCUT2D eigenvalue weighted by Crippen LogP contribution is 2.26. The number of benzene rings is 2. The zero-order valence-electron chi connectivity index (χ0n) is 10.2. The van der Waals surface area contributed by atoms with Crippen LogP contribution in [0.25, 0.3) is 21.7 Å². The van der Waals surface area contributed by atoms with Crippen LogP contribution in [0, 0.1) is 12.7 Å². The molecule has 0 amide bonds. The first-order valence-corrected chi connectivity index (χ1v) is 5.77. The Morgan fingerprint density at radius 1 is 1.11 bits per heavy atom. The minimum atomic E-state index is -0.368. The summed E-state index contributed by atoms with van der Waals surface area (Å²) in [5.41, 5.74) is 1.50. The highest BCUT2D eigenvalue weighted by atomic mass is 19.1. The summed E-state index contributed by atoms with van der Waals surface area (Å²) in [5, 5.41) is 2.26. The minimum absolute atomic E-state index is 0.161. The van der Waals surface area contributed by atoms with Crippen molar-refractivity contribution in [3.05, 3.63) is 58.1 Å². The molecule has 0 fully saturated rings. The summed E-state index contributed by atoms with van der Waals surface area (Å²) in [5.74, 6) is -0.368. The minimum Gasteiger partial charge on any atom is -0.311 e. The van der Waals surface area contributed by atoms with Crippen molar-refractivity contribution in [3.8, 4) is 0 Å². The van der Waals surface area contributed by atoms with Gasteiger partial charge in [-0.05, 0) is 36.1 Å². The summed E-state index contributed by atoms with van der Waals surface area (Å²) in [6.07, 6.45) is 0. The van der Waals surface area contributed by atoms with E-state index < -0.39 is 0 Å². The molecule has 18 heavy (non-hydrogen) atoms. The summed E-state index contributed by atoms with van der Waals surface area (Å²) in [4.78, 5) is 12.2. The number of aryl methyl sites for hydroxylation is 2. The number of nitrogens with zero attached hydrogens (tertiary/aromatic N) is 1. The third-order valence-electron chi connectivity index (χ3n) is 3.37. The van der Waals surface area contributed by atoms with Crippen molar-refractivity contribution >= 4 is 21.7 Å². The Hall–Kier alpha value is -2.16. The summed E-state index contributed by atoms with van der Waals surface area (Å²) in [6.45, 7) is 1.83. The van der Waals surface area contributed by atoms with E-state index in [1.807, 2.05) is 31.2 Å². The van der Waals surface area contributed by atoms with E-state index in [1.54, 1.807) is 11.6 Å². The van der Waals surface area contributed by atoms with Crippen molar-refractivity contribution < 1.29 is 4.39 Å². The zero-order valence-corrected chi connectivity index (χ0v) is 10.2. The van der Waals surface area contributed by atoms with Gasteiger partial charge in [-0.1, -0.05) is 18.2 Å². The summed E-state index contributed by atoms with van der Waals surface area (Å²) in [7, 11) is 1.71. The van der Waals surface area contributed by atoms with E-state index in [4.69, 9.17) is 0 Å². The SMILES string of the molecule is Cc1cc(F)cc2c(=O)n(C)c3ccccc3c12. The van der Waals surface area contributed by atoms with Crippen LogP contribution >= 0.6 is 0 Å².